The summed E-state index contributed by atoms with van der Waals surface area (Å²) in [4.78, 5) is 17.1. The molecule has 0 spiro atoms. The normalized spacial score (nSPS) is 19.2. The predicted octanol–water partition coefficient (Wildman–Crippen LogP) is 2.13. The number of hydrogen-bond acceptors (Lipinski definition) is 2. The van der Waals surface area contributed by atoms with Gasteiger partial charge in [0.1, 0.15) is 5.82 Å². The van der Waals surface area contributed by atoms with Gasteiger partial charge in [0, 0.05) is 5.56 Å². The fourth-order valence-corrected chi connectivity index (χ4v) is 1.60. The molecule has 0 radical (unpaired) electrons. The molecule has 0 unspecified atom stereocenters. The number of rotatable bonds is 2. The van der Waals surface area contributed by atoms with Crippen molar-refractivity contribution in [1.82, 2.24) is 5.06 Å². The maximum atomic E-state index is 13.4. The van der Waals surface area contributed by atoms with Crippen LogP contribution in [-0.2, 0) is 16.2 Å². The molecule has 0 aliphatic carbocycles. The van der Waals surface area contributed by atoms with Gasteiger partial charge in [-0.05, 0) is 19.9 Å². The lowest BCUT2D eigenvalue weighted by Crippen LogP contribution is -2.30. The molecule has 1 amide bonds. The van der Waals surface area contributed by atoms with E-state index in [1.54, 1.807) is 18.2 Å². The van der Waals surface area contributed by atoms with Crippen LogP contribution in [0.5, 0.6) is 0 Å². The molecule has 0 bridgehead atoms. The van der Waals surface area contributed by atoms with Gasteiger partial charge in [-0.25, -0.2) is 9.45 Å². The summed E-state index contributed by atoms with van der Waals surface area (Å²) in [5.74, 6) is -0.417. The number of carbonyl (C=O) groups is 1. The second-order valence-corrected chi connectivity index (χ2v) is 4.59. The zero-order valence-electron chi connectivity index (χ0n) is 9.37. The minimum atomic E-state index is -0.509. The Balaban J connectivity index is 2.13. The largest absolute Gasteiger partial charge is 0.272 e. The van der Waals surface area contributed by atoms with Crippen LogP contribution in [-0.4, -0.2) is 17.6 Å². The summed E-state index contributed by atoms with van der Waals surface area (Å²) < 4.78 is 13.4. The Labute approximate surface area is 93.8 Å². The maximum absolute atomic E-state index is 13.4. The van der Waals surface area contributed by atoms with Gasteiger partial charge in [-0.3, -0.25) is 9.63 Å². The quantitative estimate of drug-likeness (QED) is 0.768. The molecule has 2 rings (SSSR count). The van der Waals surface area contributed by atoms with Crippen molar-refractivity contribution in [2.75, 3.05) is 6.61 Å². The van der Waals surface area contributed by atoms with E-state index >= 15 is 0 Å². The monoisotopic (exact) mass is 223 g/mol. The summed E-state index contributed by atoms with van der Waals surface area (Å²) in [7, 11) is 0. The van der Waals surface area contributed by atoms with Crippen LogP contribution in [0, 0.1) is 11.2 Å². The average molecular weight is 223 g/mol. The summed E-state index contributed by atoms with van der Waals surface area (Å²) in [6.07, 6.45) is 0. The molecule has 0 aromatic heterocycles. The molecule has 3 nitrogen and oxygen atoms in total. The molecule has 4 heteroatoms. The SMILES string of the molecule is CC1(C)CON(Cc2ccccc2F)C1=O. The van der Waals surface area contributed by atoms with Crippen molar-refractivity contribution in [2.24, 2.45) is 5.41 Å². The topological polar surface area (TPSA) is 29.5 Å². The highest BCUT2D eigenvalue weighted by molar-refractivity contribution is 5.82. The Morgan fingerprint density at radius 2 is 2.12 bits per heavy atom. The van der Waals surface area contributed by atoms with Gasteiger partial charge in [0.25, 0.3) is 5.91 Å². The summed E-state index contributed by atoms with van der Waals surface area (Å²) in [6, 6.07) is 6.39. The molecule has 1 fully saturated rings. The lowest BCUT2D eigenvalue weighted by Gasteiger charge is -2.16. The molecule has 1 aliphatic heterocycles. The van der Waals surface area contributed by atoms with E-state index < -0.39 is 5.41 Å². The molecular weight excluding hydrogens is 209 g/mol. The van der Waals surface area contributed by atoms with Gasteiger partial charge in [0.15, 0.2) is 0 Å². The number of benzene rings is 1. The van der Waals surface area contributed by atoms with Crippen molar-refractivity contribution in [3.63, 3.8) is 0 Å². The zero-order chi connectivity index (χ0) is 11.8. The summed E-state index contributed by atoms with van der Waals surface area (Å²) >= 11 is 0. The van der Waals surface area contributed by atoms with Crippen LogP contribution in [0.4, 0.5) is 4.39 Å². The molecule has 1 aromatic rings. The van der Waals surface area contributed by atoms with Gasteiger partial charge >= 0.3 is 0 Å². The molecule has 1 saturated heterocycles. The number of carbonyl (C=O) groups excluding carboxylic acids is 1. The molecule has 1 aromatic carbocycles. The maximum Gasteiger partial charge on any atom is 0.254 e. The van der Waals surface area contributed by atoms with E-state index in [4.69, 9.17) is 4.84 Å². The van der Waals surface area contributed by atoms with Gasteiger partial charge in [-0.15, -0.1) is 0 Å². The Bertz CT molecular complexity index is 417. The van der Waals surface area contributed by atoms with Crippen LogP contribution >= 0.6 is 0 Å². The van der Waals surface area contributed by atoms with Crippen molar-refractivity contribution in [2.45, 2.75) is 20.4 Å². The van der Waals surface area contributed by atoms with E-state index in [9.17, 15) is 9.18 Å². The molecule has 0 saturated carbocycles. The molecule has 1 aliphatic rings. The number of hydroxylamine groups is 2. The van der Waals surface area contributed by atoms with E-state index in [1.807, 2.05) is 13.8 Å². The van der Waals surface area contributed by atoms with E-state index in [1.165, 1.54) is 11.1 Å². The lowest BCUT2D eigenvalue weighted by atomic mass is 9.95. The minimum absolute atomic E-state index is 0.101. The summed E-state index contributed by atoms with van der Waals surface area (Å²) in [6.45, 7) is 4.14. The van der Waals surface area contributed by atoms with Crippen LogP contribution in [0.15, 0.2) is 24.3 Å². The van der Waals surface area contributed by atoms with Crippen LogP contribution < -0.4 is 0 Å². The van der Waals surface area contributed by atoms with Crippen LogP contribution in [0.3, 0.4) is 0 Å². The number of hydrogen-bond donors (Lipinski definition) is 0. The van der Waals surface area contributed by atoms with Crippen LogP contribution in [0.25, 0.3) is 0 Å². The van der Waals surface area contributed by atoms with Crippen LogP contribution in [0.2, 0.25) is 0 Å². The third kappa shape index (κ3) is 1.93. The first-order valence-corrected chi connectivity index (χ1v) is 5.19. The van der Waals surface area contributed by atoms with E-state index in [0.29, 0.717) is 12.2 Å². The van der Waals surface area contributed by atoms with E-state index in [0.717, 1.165) is 0 Å². The van der Waals surface area contributed by atoms with Gasteiger partial charge in [-0.1, -0.05) is 18.2 Å². The average Bonchev–Trinajstić information content (AvgIpc) is 2.49. The molecule has 16 heavy (non-hydrogen) atoms. The van der Waals surface area contributed by atoms with E-state index in [2.05, 4.69) is 0 Å². The van der Waals surface area contributed by atoms with Gasteiger partial charge in [0.05, 0.1) is 18.6 Å². The second-order valence-electron chi connectivity index (χ2n) is 4.59. The summed E-state index contributed by atoms with van der Waals surface area (Å²) in [5, 5.41) is 1.23. The smallest absolute Gasteiger partial charge is 0.254 e. The van der Waals surface area contributed by atoms with Crippen molar-refractivity contribution in [3.8, 4) is 0 Å². The van der Waals surface area contributed by atoms with Crippen molar-refractivity contribution < 1.29 is 14.0 Å². The Hall–Kier alpha value is -1.42. The van der Waals surface area contributed by atoms with E-state index in [-0.39, 0.29) is 18.3 Å². The first-order valence-electron chi connectivity index (χ1n) is 5.19. The fraction of sp³-hybridized carbons (Fsp3) is 0.417. The second kappa shape index (κ2) is 3.87. The minimum Gasteiger partial charge on any atom is -0.272 e. The highest BCUT2D eigenvalue weighted by Gasteiger charge is 2.40. The first kappa shape index (κ1) is 11.1. The van der Waals surface area contributed by atoms with Gasteiger partial charge in [0.2, 0.25) is 0 Å². The Kier molecular flexibility index (Phi) is 2.68. The molecule has 0 N–H and O–H groups in total. The Morgan fingerprint density at radius 3 is 2.69 bits per heavy atom. The molecule has 0 atom stereocenters. The highest BCUT2D eigenvalue weighted by atomic mass is 19.1. The summed E-state index contributed by atoms with van der Waals surface area (Å²) in [5.41, 5.74) is -0.0424. The fourth-order valence-electron chi connectivity index (χ4n) is 1.60. The molecular formula is C12H14FNO2. The third-order valence-electron chi connectivity index (χ3n) is 2.66. The van der Waals surface area contributed by atoms with Crippen molar-refractivity contribution in [3.05, 3.63) is 35.6 Å². The number of nitrogens with zero attached hydrogens (tertiary/aromatic N) is 1. The predicted molar refractivity (Wildman–Crippen MR) is 56.7 cm³/mol. The molecule has 86 valence electrons. The number of halogens is 1. The van der Waals surface area contributed by atoms with Crippen LogP contribution in [0.1, 0.15) is 19.4 Å². The van der Waals surface area contributed by atoms with Crippen molar-refractivity contribution in [1.29, 1.82) is 0 Å². The van der Waals surface area contributed by atoms with Crippen molar-refractivity contribution >= 4 is 5.91 Å². The standard InChI is InChI=1S/C12H14FNO2/c1-12(2)8-16-14(11(12)15)7-9-5-3-4-6-10(9)13/h3-6H,7-8H2,1-2H3. The Morgan fingerprint density at radius 1 is 1.44 bits per heavy atom. The van der Waals surface area contributed by atoms with Gasteiger partial charge < -0.3 is 0 Å². The lowest BCUT2D eigenvalue weighted by molar-refractivity contribution is -0.165. The first-order chi connectivity index (χ1) is 7.50. The third-order valence-corrected chi connectivity index (χ3v) is 2.66. The molecule has 1 heterocycles. The van der Waals surface area contributed by atoms with Gasteiger partial charge in [-0.2, -0.15) is 0 Å². The zero-order valence-corrected chi connectivity index (χ0v) is 9.37. The number of amides is 1. The highest BCUT2D eigenvalue weighted by Crippen LogP contribution is 2.28.